The molecule has 2 amide bonds. The van der Waals surface area contributed by atoms with Gasteiger partial charge in [-0.1, -0.05) is 12.1 Å². The van der Waals surface area contributed by atoms with Crippen molar-refractivity contribution in [1.29, 1.82) is 0 Å². The number of fused-ring (bicyclic) bond motifs is 1. The van der Waals surface area contributed by atoms with Crippen LogP contribution in [0.5, 0.6) is 0 Å². The van der Waals surface area contributed by atoms with Gasteiger partial charge in [0.05, 0.1) is 17.1 Å². The van der Waals surface area contributed by atoms with E-state index in [0.29, 0.717) is 31.1 Å². The summed E-state index contributed by atoms with van der Waals surface area (Å²) in [5.74, 6) is 0.436. The van der Waals surface area contributed by atoms with E-state index in [1.807, 2.05) is 37.3 Å². The summed E-state index contributed by atoms with van der Waals surface area (Å²) in [7, 11) is 1.76. The second-order valence-corrected chi connectivity index (χ2v) is 6.69. The molecule has 0 atom stereocenters. The van der Waals surface area contributed by atoms with Gasteiger partial charge in [0.1, 0.15) is 5.69 Å². The lowest BCUT2D eigenvalue weighted by Crippen LogP contribution is -2.33. The second kappa shape index (κ2) is 6.02. The van der Waals surface area contributed by atoms with Gasteiger partial charge < -0.3 is 9.80 Å². The van der Waals surface area contributed by atoms with Gasteiger partial charge in [-0.3, -0.25) is 14.3 Å². The standard InChI is InChI=1S/C19H22N4O2/c1-3-23-17(12-14(20-23)13-8-9-13)19(25)22-11-10-18(24)21(2)15-6-4-5-7-16(15)22/h4-7,12-13H,3,8-11H2,1-2H3. The van der Waals surface area contributed by atoms with Crippen molar-refractivity contribution >= 4 is 23.2 Å². The monoisotopic (exact) mass is 338 g/mol. The van der Waals surface area contributed by atoms with E-state index in [4.69, 9.17) is 0 Å². The number of aryl methyl sites for hydroxylation is 1. The normalized spacial score (nSPS) is 17.4. The minimum atomic E-state index is -0.0863. The predicted octanol–water partition coefficient (Wildman–Crippen LogP) is 2.79. The van der Waals surface area contributed by atoms with Gasteiger partial charge in [0.15, 0.2) is 0 Å². The molecule has 1 aliphatic heterocycles. The quantitative estimate of drug-likeness (QED) is 0.865. The molecule has 25 heavy (non-hydrogen) atoms. The van der Waals surface area contributed by atoms with Crippen LogP contribution in [0.3, 0.4) is 0 Å². The average molecular weight is 338 g/mol. The average Bonchev–Trinajstić information content (AvgIpc) is 3.41. The molecule has 130 valence electrons. The Hall–Kier alpha value is -2.63. The predicted molar refractivity (Wildman–Crippen MR) is 96.0 cm³/mol. The molecule has 1 fully saturated rings. The minimum Gasteiger partial charge on any atom is -0.313 e. The zero-order valence-corrected chi connectivity index (χ0v) is 14.6. The smallest absolute Gasteiger partial charge is 0.276 e. The number of hydrogen-bond donors (Lipinski definition) is 0. The highest BCUT2D eigenvalue weighted by molar-refractivity contribution is 6.10. The van der Waals surface area contributed by atoms with Crippen LogP contribution in [0.2, 0.25) is 0 Å². The number of rotatable bonds is 3. The van der Waals surface area contributed by atoms with Crippen molar-refractivity contribution < 1.29 is 9.59 Å². The molecule has 6 heteroatoms. The Morgan fingerprint density at radius 3 is 2.64 bits per heavy atom. The van der Waals surface area contributed by atoms with Crippen LogP contribution < -0.4 is 9.80 Å². The number of amides is 2. The maximum Gasteiger partial charge on any atom is 0.276 e. The second-order valence-electron chi connectivity index (χ2n) is 6.69. The molecule has 2 heterocycles. The third kappa shape index (κ3) is 2.71. The molecule has 0 radical (unpaired) electrons. The number of nitrogens with zero attached hydrogens (tertiary/aromatic N) is 4. The van der Waals surface area contributed by atoms with Crippen molar-refractivity contribution in [3.05, 3.63) is 41.7 Å². The molecule has 2 aliphatic rings. The lowest BCUT2D eigenvalue weighted by molar-refractivity contribution is -0.118. The van der Waals surface area contributed by atoms with Crippen molar-refractivity contribution in [3.63, 3.8) is 0 Å². The Labute approximate surface area is 147 Å². The van der Waals surface area contributed by atoms with Gasteiger partial charge in [0, 0.05) is 32.5 Å². The highest BCUT2D eigenvalue weighted by Gasteiger charge is 2.32. The lowest BCUT2D eigenvalue weighted by atomic mass is 10.2. The molecule has 1 aromatic carbocycles. The molecular weight excluding hydrogens is 316 g/mol. The van der Waals surface area contributed by atoms with Gasteiger partial charge in [-0.05, 0) is 38.0 Å². The van der Waals surface area contributed by atoms with Gasteiger partial charge in [-0.25, -0.2) is 0 Å². The molecule has 0 bridgehead atoms. The summed E-state index contributed by atoms with van der Waals surface area (Å²) in [5, 5.41) is 4.61. The number of aromatic nitrogens is 2. The summed E-state index contributed by atoms with van der Waals surface area (Å²) >= 11 is 0. The summed E-state index contributed by atoms with van der Waals surface area (Å²) in [6.07, 6.45) is 2.62. The van der Waals surface area contributed by atoms with Crippen molar-refractivity contribution in [2.45, 2.75) is 38.6 Å². The zero-order valence-electron chi connectivity index (χ0n) is 14.6. The van der Waals surface area contributed by atoms with Crippen LogP contribution in [-0.4, -0.2) is 35.2 Å². The third-order valence-corrected chi connectivity index (χ3v) is 5.02. The number of hydrogen-bond acceptors (Lipinski definition) is 3. The van der Waals surface area contributed by atoms with E-state index in [9.17, 15) is 9.59 Å². The number of carbonyl (C=O) groups is 2. The molecule has 6 nitrogen and oxygen atoms in total. The molecule has 1 aliphatic carbocycles. The van der Waals surface area contributed by atoms with Gasteiger partial charge in [-0.2, -0.15) is 5.10 Å². The van der Waals surface area contributed by atoms with E-state index in [0.717, 1.165) is 29.9 Å². The van der Waals surface area contributed by atoms with Gasteiger partial charge in [0.25, 0.3) is 5.91 Å². The third-order valence-electron chi connectivity index (χ3n) is 5.02. The Morgan fingerprint density at radius 2 is 1.96 bits per heavy atom. The van der Waals surface area contributed by atoms with E-state index in [1.54, 1.807) is 21.5 Å². The van der Waals surface area contributed by atoms with Crippen molar-refractivity contribution in [2.75, 3.05) is 23.4 Å². The lowest BCUT2D eigenvalue weighted by Gasteiger charge is -2.23. The summed E-state index contributed by atoms with van der Waals surface area (Å²) in [5.41, 5.74) is 3.17. The maximum atomic E-state index is 13.3. The first-order chi connectivity index (χ1) is 12.1. The van der Waals surface area contributed by atoms with E-state index in [-0.39, 0.29) is 11.8 Å². The van der Waals surface area contributed by atoms with Crippen LogP contribution in [0.1, 0.15) is 48.3 Å². The summed E-state index contributed by atoms with van der Waals surface area (Å²) in [4.78, 5) is 28.9. The Kier molecular flexibility index (Phi) is 3.82. The van der Waals surface area contributed by atoms with E-state index < -0.39 is 0 Å². The Balaban J connectivity index is 1.75. The molecule has 1 saturated carbocycles. The molecule has 0 spiro atoms. The first kappa shape index (κ1) is 15.9. The molecule has 1 aromatic heterocycles. The summed E-state index contributed by atoms with van der Waals surface area (Å²) in [6, 6.07) is 9.50. The SMILES string of the molecule is CCn1nc(C2CC2)cc1C(=O)N1CCC(=O)N(C)c2ccccc21. The Morgan fingerprint density at radius 1 is 1.24 bits per heavy atom. The van der Waals surface area contributed by atoms with Gasteiger partial charge in [0.2, 0.25) is 5.91 Å². The minimum absolute atomic E-state index is 0.0189. The Bertz CT molecular complexity index is 838. The fourth-order valence-corrected chi connectivity index (χ4v) is 3.38. The van der Waals surface area contributed by atoms with Gasteiger partial charge >= 0.3 is 0 Å². The zero-order chi connectivity index (χ0) is 17.6. The molecule has 2 aromatic rings. The molecule has 4 rings (SSSR count). The fourth-order valence-electron chi connectivity index (χ4n) is 3.38. The number of anilines is 2. The van der Waals surface area contributed by atoms with Crippen LogP contribution in [0, 0.1) is 0 Å². The highest BCUT2D eigenvalue weighted by Crippen LogP contribution is 2.40. The van der Waals surface area contributed by atoms with Crippen LogP contribution in [0.4, 0.5) is 11.4 Å². The fraction of sp³-hybridized carbons (Fsp3) is 0.421. The summed E-state index contributed by atoms with van der Waals surface area (Å²) < 4.78 is 1.79. The first-order valence-corrected chi connectivity index (χ1v) is 8.85. The highest BCUT2D eigenvalue weighted by atomic mass is 16.2. The number of benzene rings is 1. The molecule has 0 saturated heterocycles. The molecule has 0 N–H and O–H groups in total. The largest absolute Gasteiger partial charge is 0.313 e. The van der Waals surface area contributed by atoms with E-state index in [1.165, 1.54) is 0 Å². The van der Waals surface area contributed by atoms with Gasteiger partial charge in [-0.15, -0.1) is 0 Å². The first-order valence-electron chi connectivity index (χ1n) is 8.85. The van der Waals surface area contributed by atoms with E-state index in [2.05, 4.69) is 5.10 Å². The van der Waals surface area contributed by atoms with Crippen molar-refractivity contribution in [1.82, 2.24) is 9.78 Å². The van der Waals surface area contributed by atoms with Crippen LogP contribution >= 0.6 is 0 Å². The van der Waals surface area contributed by atoms with Crippen LogP contribution in [0.25, 0.3) is 0 Å². The van der Waals surface area contributed by atoms with Crippen molar-refractivity contribution in [2.24, 2.45) is 0 Å². The number of para-hydroxylation sites is 2. The van der Waals surface area contributed by atoms with Crippen LogP contribution in [0.15, 0.2) is 30.3 Å². The summed E-state index contributed by atoms with van der Waals surface area (Å²) in [6.45, 7) is 3.03. The molecule has 0 unspecified atom stereocenters. The molecular formula is C19H22N4O2. The maximum absolute atomic E-state index is 13.3. The topological polar surface area (TPSA) is 58.4 Å². The van der Waals surface area contributed by atoms with E-state index >= 15 is 0 Å². The van der Waals surface area contributed by atoms with Crippen LogP contribution in [-0.2, 0) is 11.3 Å². The van der Waals surface area contributed by atoms with Crippen molar-refractivity contribution in [3.8, 4) is 0 Å². The number of carbonyl (C=O) groups excluding carboxylic acids is 2.